The van der Waals surface area contributed by atoms with Crippen LogP contribution in [0.15, 0.2) is 69.6 Å². The minimum Gasteiger partial charge on any atom is -0.415 e. The van der Waals surface area contributed by atoms with Crippen LogP contribution in [-0.4, -0.2) is 53.9 Å². The standard InChI is InChI=1S/C28H33Cl2N5O3Si/c1-28(2,3)39(4,5)38-14-13-35(27(37)23-24(29)31-17-32-25(23)30)20-11-12-22-21(15-20)26(36)34(18-33-22)16-19-9-7-6-8-10-19/h6-12,15,17-18,23-24H,13-14,16H2,1-5H3. The molecule has 0 spiro atoms. The Morgan fingerprint density at radius 1 is 1.15 bits per heavy atom. The molecular weight excluding hydrogens is 553 g/mol. The first kappa shape index (κ1) is 29.1. The number of alkyl halides is 1. The molecule has 0 fully saturated rings. The van der Waals surface area contributed by atoms with E-state index in [0.717, 1.165) is 5.56 Å². The van der Waals surface area contributed by atoms with Crippen LogP contribution in [0, 0.1) is 5.92 Å². The highest BCUT2D eigenvalue weighted by atomic mass is 35.5. The van der Waals surface area contributed by atoms with Crippen molar-refractivity contribution in [2.24, 2.45) is 15.9 Å². The topological polar surface area (TPSA) is 89.2 Å². The Morgan fingerprint density at radius 3 is 2.54 bits per heavy atom. The van der Waals surface area contributed by atoms with Gasteiger partial charge in [0.15, 0.2) is 8.32 Å². The summed E-state index contributed by atoms with van der Waals surface area (Å²) in [4.78, 5) is 41.4. The minimum absolute atomic E-state index is 0.00950. The van der Waals surface area contributed by atoms with Gasteiger partial charge in [0.25, 0.3) is 5.56 Å². The van der Waals surface area contributed by atoms with Gasteiger partial charge in [0.1, 0.15) is 22.9 Å². The molecule has 1 aliphatic rings. The smallest absolute Gasteiger partial charge is 0.261 e. The Bertz CT molecular complexity index is 1470. The number of halogens is 2. The van der Waals surface area contributed by atoms with Gasteiger partial charge in [0.05, 0.1) is 30.4 Å². The summed E-state index contributed by atoms with van der Waals surface area (Å²) in [5.74, 6) is -1.32. The normalized spacial score (nSPS) is 17.8. The van der Waals surface area contributed by atoms with Gasteiger partial charge in [-0.25, -0.2) is 9.98 Å². The van der Waals surface area contributed by atoms with Crippen molar-refractivity contribution in [3.8, 4) is 0 Å². The number of fused-ring (bicyclic) bond motifs is 1. The molecule has 1 amide bonds. The fraction of sp³-hybridized carbons (Fsp3) is 0.393. The zero-order valence-corrected chi connectivity index (χ0v) is 25.3. The van der Waals surface area contributed by atoms with Crippen LogP contribution in [0.1, 0.15) is 26.3 Å². The number of anilines is 1. The maximum Gasteiger partial charge on any atom is 0.261 e. The number of aliphatic imine (C=N–C) groups is 2. The van der Waals surface area contributed by atoms with E-state index in [0.29, 0.717) is 29.7 Å². The van der Waals surface area contributed by atoms with Gasteiger partial charge in [-0.2, -0.15) is 0 Å². The van der Waals surface area contributed by atoms with Crippen molar-refractivity contribution in [3.05, 3.63) is 70.8 Å². The number of rotatable bonds is 8. The maximum atomic E-state index is 13.9. The van der Waals surface area contributed by atoms with Crippen molar-refractivity contribution in [2.75, 3.05) is 18.1 Å². The molecule has 1 aliphatic heterocycles. The van der Waals surface area contributed by atoms with Crippen LogP contribution in [0.3, 0.4) is 0 Å². The van der Waals surface area contributed by atoms with Gasteiger partial charge in [-0.3, -0.25) is 19.1 Å². The minimum atomic E-state index is -2.07. The number of hydrogen-bond acceptors (Lipinski definition) is 6. The van der Waals surface area contributed by atoms with Crippen LogP contribution < -0.4 is 10.5 Å². The molecule has 0 aliphatic carbocycles. The molecule has 8 nitrogen and oxygen atoms in total. The Morgan fingerprint density at radius 2 is 1.87 bits per heavy atom. The third kappa shape index (κ3) is 6.49. The Labute approximate surface area is 239 Å². The summed E-state index contributed by atoms with van der Waals surface area (Å²) in [7, 11) is -2.07. The molecule has 0 saturated heterocycles. The van der Waals surface area contributed by atoms with Crippen LogP contribution in [0.4, 0.5) is 5.69 Å². The molecule has 0 N–H and O–H groups in total. The average molecular weight is 587 g/mol. The summed E-state index contributed by atoms with van der Waals surface area (Å²) in [5.41, 5.74) is 0.946. The van der Waals surface area contributed by atoms with Crippen LogP contribution in [-0.2, 0) is 15.8 Å². The van der Waals surface area contributed by atoms with Crippen LogP contribution in [0.25, 0.3) is 10.9 Å². The number of amides is 1. The monoisotopic (exact) mass is 585 g/mol. The molecule has 0 radical (unpaired) electrons. The number of carbonyl (C=O) groups excluding carboxylic acids is 1. The molecule has 4 rings (SSSR count). The van der Waals surface area contributed by atoms with Gasteiger partial charge < -0.3 is 9.33 Å². The number of carbonyl (C=O) groups is 1. The van der Waals surface area contributed by atoms with Gasteiger partial charge in [0.2, 0.25) is 5.91 Å². The van der Waals surface area contributed by atoms with Crippen molar-refractivity contribution in [1.82, 2.24) is 9.55 Å². The van der Waals surface area contributed by atoms with Gasteiger partial charge in [-0.05, 0) is 41.9 Å². The number of hydrogen-bond donors (Lipinski definition) is 0. The second-order valence-corrected chi connectivity index (χ2v) is 16.7. The number of aromatic nitrogens is 2. The molecule has 206 valence electrons. The molecule has 39 heavy (non-hydrogen) atoms. The third-order valence-corrected chi connectivity index (χ3v) is 12.6. The predicted octanol–water partition coefficient (Wildman–Crippen LogP) is 5.66. The molecule has 0 bridgehead atoms. The molecule has 2 heterocycles. The average Bonchev–Trinajstić information content (AvgIpc) is 2.88. The van der Waals surface area contributed by atoms with Gasteiger partial charge in [-0.15, -0.1) is 0 Å². The van der Waals surface area contributed by atoms with Crippen molar-refractivity contribution in [1.29, 1.82) is 0 Å². The second-order valence-electron chi connectivity index (χ2n) is 11.0. The fourth-order valence-electron chi connectivity index (χ4n) is 4.00. The lowest BCUT2D eigenvalue weighted by Gasteiger charge is -2.37. The van der Waals surface area contributed by atoms with E-state index < -0.39 is 19.7 Å². The van der Waals surface area contributed by atoms with E-state index in [4.69, 9.17) is 27.6 Å². The number of benzene rings is 2. The summed E-state index contributed by atoms with van der Waals surface area (Å²) < 4.78 is 7.93. The summed E-state index contributed by atoms with van der Waals surface area (Å²) in [5, 5.41) is 0.478. The highest BCUT2D eigenvalue weighted by molar-refractivity contribution is 6.74. The first-order chi connectivity index (χ1) is 18.4. The zero-order chi connectivity index (χ0) is 28.4. The van der Waals surface area contributed by atoms with Crippen molar-refractivity contribution < 1.29 is 9.22 Å². The first-order valence-electron chi connectivity index (χ1n) is 12.8. The van der Waals surface area contributed by atoms with E-state index in [9.17, 15) is 9.59 Å². The van der Waals surface area contributed by atoms with Gasteiger partial charge in [-0.1, -0.05) is 74.3 Å². The van der Waals surface area contributed by atoms with Crippen LogP contribution in [0.5, 0.6) is 0 Å². The Hall–Kier alpha value is -2.85. The molecule has 3 aromatic rings. The Kier molecular flexibility index (Phi) is 8.75. The lowest BCUT2D eigenvalue weighted by molar-refractivity contribution is -0.120. The molecule has 2 unspecified atom stereocenters. The predicted molar refractivity (Wildman–Crippen MR) is 162 cm³/mol. The van der Waals surface area contributed by atoms with Gasteiger partial charge >= 0.3 is 0 Å². The summed E-state index contributed by atoms with van der Waals surface area (Å²) >= 11 is 12.7. The van der Waals surface area contributed by atoms with E-state index in [-0.39, 0.29) is 28.2 Å². The summed E-state index contributed by atoms with van der Waals surface area (Å²) in [6.45, 7) is 11.7. The zero-order valence-electron chi connectivity index (χ0n) is 22.8. The highest BCUT2D eigenvalue weighted by Gasteiger charge is 2.39. The van der Waals surface area contributed by atoms with E-state index >= 15 is 0 Å². The Balaban J connectivity index is 1.70. The number of nitrogens with zero attached hydrogens (tertiary/aromatic N) is 5. The van der Waals surface area contributed by atoms with Crippen LogP contribution >= 0.6 is 23.2 Å². The van der Waals surface area contributed by atoms with E-state index in [1.54, 1.807) is 34.0 Å². The first-order valence-corrected chi connectivity index (χ1v) is 16.5. The third-order valence-electron chi connectivity index (χ3n) is 7.35. The lowest BCUT2D eigenvalue weighted by Crippen LogP contribution is -2.47. The van der Waals surface area contributed by atoms with E-state index in [1.807, 2.05) is 30.3 Å². The lowest BCUT2D eigenvalue weighted by atomic mass is 10.1. The molecule has 2 aromatic carbocycles. The highest BCUT2D eigenvalue weighted by Crippen LogP contribution is 2.36. The molecule has 0 saturated carbocycles. The quantitative estimate of drug-likeness (QED) is 0.194. The molecule has 1 aromatic heterocycles. The maximum absolute atomic E-state index is 13.9. The molecular formula is C28H33Cl2N5O3Si. The molecule has 11 heteroatoms. The van der Waals surface area contributed by atoms with E-state index in [1.165, 1.54) is 6.34 Å². The fourth-order valence-corrected chi connectivity index (χ4v) is 5.64. The van der Waals surface area contributed by atoms with Crippen molar-refractivity contribution in [3.63, 3.8) is 0 Å². The SMILES string of the molecule is CC(C)(C)[Si](C)(C)OCCN(C(=O)C1C(Cl)=NC=NC1Cl)c1ccc2ncn(Cc3ccccc3)c(=O)c2c1. The van der Waals surface area contributed by atoms with Crippen molar-refractivity contribution >= 4 is 65.5 Å². The largest absolute Gasteiger partial charge is 0.415 e. The molecule has 2 atom stereocenters. The van der Waals surface area contributed by atoms with E-state index in [2.05, 4.69) is 48.8 Å². The second kappa shape index (κ2) is 11.7. The van der Waals surface area contributed by atoms with Crippen LogP contribution in [0.2, 0.25) is 18.1 Å². The van der Waals surface area contributed by atoms with Crippen molar-refractivity contribution in [2.45, 2.75) is 50.9 Å². The van der Waals surface area contributed by atoms with Gasteiger partial charge in [0, 0.05) is 12.2 Å². The summed E-state index contributed by atoms with van der Waals surface area (Å²) in [6, 6.07) is 14.9. The summed E-state index contributed by atoms with van der Waals surface area (Å²) in [6.07, 6.45) is 2.80.